The number of carbonyl (C=O) groups is 2. The van der Waals surface area contributed by atoms with Crippen molar-refractivity contribution in [2.24, 2.45) is 5.92 Å². The lowest BCUT2D eigenvalue weighted by molar-refractivity contribution is -0.134. The van der Waals surface area contributed by atoms with Crippen LogP contribution in [-0.2, 0) is 15.0 Å². The molecule has 0 saturated carbocycles. The second-order valence-corrected chi connectivity index (χ2v) is 7.21. The van der Waals surface area contributed by atoms with Gasteiger partial charge in [-0.25, -0.2) is 14.0 Å². The molecule has 0 aliphatic carbocycles. The Hall–Kier alpha value is -2.63. The molecule has 0 saturated heterocycles. The maximum atomic E-state index is 13.6. The number of hydrogen-bond acceptors (Lipinski definition) is 3. The third-order valence-electron chi connectivity index (χ3n) is 5.51. The van der Waals surface area contributed by atoms with Crippen LogP contribution in [-0.4, -0.2) is 33.6 Å². The Morgan fingerprint density at radius 1 is 1.04 bits per heavy atom. The van der Waals surface area contributed by atoms with Crippen LogP contribution in [0.1, 0.15) is 53.0 Å². The highest BCUT2D eigenvalue weighted by Crippen LogP contribution is 2.51. The van der Waals surface area contributed by atoms with Crippen molar-refractivity contribution in [3.05, 3.63) is 58.2 Å². The molecule has 152 valence electrons. The van der Waals surface area contributed by atoms with Crippen LogP contribution < -0.4 is 0 Å². The van der Waals surface area contributed by atoms with Gasteiger partial charge in [-0.1, -0.05) is 39.8 Å². The van der Waals surface area contributed by atoms with Crippen LogP contribution in [0.15, 0.2) is 46.8 Å². The van der Waals surface area contributed by atoms with Crippen LogP contribution in [0.2, 0.25) is 0 Å². The normalized spacial score (nSPS) is 20.2. The highest BCUT2D eigenvalue weighted by atomic mass is 19.1. The Morgan fingerprint density at radius 2 is 1.57 bits per heavy atom. The summed E-state index contributed by atoms with van der Waals surface area (Å²) in [6.07, 6.45) is 0.681. The first-order chi connectivity index (χ1) is 13.2. The van der Waals surface area contributed by atoms with E-state index in [2.05, 4.69) is 0 Å². The number of hydrogen-bond donors (Lipinski definition) is 2. The Balaban J connectivity index is 3.09. The molecule has 1 aliphatic rings. The molecule has 6 heteroatoms. The average Bonchev–Trinajstić information content (AvgIpc) is 2.65. The largest absolute Gasteiger partial charge is 0.478 e. The number of rotatable bonds is 7. The van der Waals surface area contributed by atoms with Gasteiger partial charge < -0.3 is 15.1 Å². The zero-order valence-corrected chi connectivity index (χ0v) is 17.0. The fraction of sp³-hybridized carbons (Fsp3) is 0.455. The van der Waals surface area contributed by atoms with Crippen molar-refractivity contribution in [2.45, 2.75) is 52.9 Å². The number of halogens is 1. The molecule has 0 fully saturated rings. The SMILES string of the molecule is CCC1=C(C(=O)O)C(CC)(c2ccc(F)cc2)C(C(=O)O)=C(C(C)C)N1CC. The molecule has 0 spiro atoms. The molecule has 5 nitrogen and oxygen atoms in total. The van der Waals surface area contributed by atoms with Gasteiger partial charge in [0.15, 0.2) is 0 Å². The molecular weight excluding hydrogens is 361 g/mol. The van der Waals surface area contributed by atoms with E-state index in [1.165, 1.54) is 24.3 Å². The van der Waals surface area contributed by atoms with E-state index in [-0.39, 0.29) is 23.5 Å². The summed E-state index contributed by atoms with van der Waals surface area (Å²) in [6, 6.07) is 5.49. The first-order valence-electron chi connectivity index (χ1n) is 9.65. The molecule has 28 heavy (non-hydrogen) atoms. The van der Waals surface area contributed by atoms with Crippen molar-refractivity contribution in [3.63, 3.8) is 0 Å². The fourth-order valence-corrected chi connectivity index (χ4v) is 4.51. The highest BCUT2D eigenvalue weighted by molar-refractivity contribution is 6.00. The van der Waals surface area contributed by atoms with Gasteiger partial charge in [-0.3, -0.25) is 0 Å². The third kappa shape index (κ3) is 3.21. The highest BCUT2D eigenvalue weighted by Gasteiger charge is 2.52. The predicted octanol–water partition coefficient (Wildman–Crippen LogP) is 4.55. The van der Waals surface area contributed by atoms with E-state index in [1.54, 1.807) is 6.92 Å². The molecule has 1 atom stereocenters. The van der Waals surface area contributed by atoms with Gasteiger partial charge in [0.05, 0.1) is 16.6 Å². The molecule has 1 heterocycles. The summed E-state index contributed by atoms with van der Waals surface area (Å²) in [5.41, 5.74) is 0.465. The van der Waals surface area contributed by atoms with Crippen LogP contribution in [0, 0.1) is 11.7 Å². The van der Waals surface area contributed by atoms with Crippen LogP contribution in [0.3, 0.4) is 0 Å². The van der Waals surface area contributed by atoms with Crippen molar-refractivity contribution < 1.29 is 24.2 Å². The second kappa shape index (κ2) is 8.17. The topological polar surface area (TPSA) is 77.8 Å². The fourth-order valence-electron chi connectivity index (χ4n) is 4.51. The predicted molar refractivity (Wildman–Crippen MR) is 105 cm³/mol. The summed E-state index contributed by atoms with van der Waals surface area (Å²) < 4.78 is 13.6. The van der Waals surface area contributed by atoms with Crippen LogP contribution in [0.4, 0.5) is 4.39 Å². The van der Waals surface area contributed by atoms with E-state index in [4.69, 9.17) is 0 Å². The molecular formula is C22H28FNO4. The molecule has 0 bridgehead atoms. The molecule has 2 rings (SSSR count). The van der Waals surface area contributed by atoms with Crippen molar-refractivity contribution in [1.82, 2.24) is 4.90 Å². The lowest BCUT2D eigenvalue weighted by atomic mass is 9.62. The van der Waals surface area contributed by atoms with Gasteiger partial charge in [-0.05, 0) is 43.4 Å². The van der Waals surface area contributed by atoms with Gasteiger partial charge in [0.2, 0.25) is 0 Å². The molecule has 1 aromatic carbocycles. The minimum absolute atomic E-state index is 0.0627. The number of aliphatic carboxylic acids is 2. The van der Waals surface area contributed by atoms with E-state index in [1.807, 2.05) is 32.6 Å². The zero-order valence-electron chi connectivity index (χ0n) is 17.0. The van der Waals surface area contributed by atoms with E-state index in [0.29, 0.717) is 29.9 Å². The van der Waals surface area contributed by atoms with Crippen molar-refractivity contribution in [3.8, 4) is 0 Å². The Kier molecular flexibility index (Phi) is 6.32. The standard InChI is InChI=1S/C22H28FNO4/c1-6-16-17(20(25)26)22(7-2,14-9-11-15(23)12-10-14)18(21(27)28)19(13(4)5)24(16)8-3/h9-13H,6-8H2,1-5H3,(H,25,26)(H,27,28). The molecule has 0 radical (unpaired) electrons. The zero-order chi connectivity index (χ0) is 21.2. The number of benzene rings is 1. The third-order valence-corrected chi connectivity index (χ3v) is 5.51. The van der Waals surface area contributed by atoms with E-state index >= 15 is 0 Å². The second-order valence-electron chi connectivity index (χ2n) is 7.21. The summed E-state index contributed by atoms with van der Waals surface area (Å²) >= 11 is 0. The molecule has 1 aliphatic heterocycles. The van der Waals surface area contributed by atoms with E-state index in [9.17, 15) is 24.2 Å². The lowest BCUT2D eigenvalue weighted by Gasteiger charge is -2.46. The Morgan fingerprint density at radius 3 is 1.93 bits per heavy atom. The molecule has 0 amide bonds. The van der Waals surface area contributed by atoms with Crippen LogP contribution >= 0.6 is 0 Å². The van der Waals surface area contributed by atoms with Crippen molar-refractivity contribution >= 4 is 11.9 Å². The number of nitrogens with zero attached hydrogens (tertiary/aromatic N) is 1. The maximum Gasteiger partial charge on any atom is 0.334 e. The van der Waals surface area contributed by atoms with Gasteiger partial charge in [0.1, 0.15) is 5.82 Å². The first-order valence-corrected chi connectivity index (χ1v) is 9.65. The van der Waals surface area contributed by atoms with Crippen molar-refractivity contribution in [2.75, 3.05) is 6.54 Å². The minimum atomic E-state index is -1.36. The van der Waals surface area contributed by atoms with Gasteiger partial charge >= 0.3 is 11.9 Å². The van der Waals surface area contributed by atoms with Gasteiger partial charge in [-0.2, -0.15) is 0 Å². The molecule has 1 unspecified atom stereocenters. The van der Waals surface area contributed by atoms with Gasteiger partial charge in [-0.15, -0.1) is 0 Å². The van der Waals surface area contributed by atoms with Crippen molar-refractivity contribution in [1.29, 1.82) is 0 Å². The summed E-state index contributed by atoms with van der Waals surface area (Å²) in [5, 5.41) is 20.4. The molecule has 0 aromatic heterocycles. The molecule has 2 N–H and O–H groups in total. The van der Waals surface area contributed by atoms with E-state index in [0.717, 1.165) is 0 Å². The summed E-state index contributed by atoms with van der Waals surface area (Å²) in [4.78, 5) is 26.8. The Bertz CT molecular complexity index is 839. The number of carboxylic acid groups (broad SMARTS) is 2. The van der Waals surface area contributed by atoms with Gasteiger partial charge in [0, 0.05) is 17.9 Å². The van der Waals surface area contributed by atoms with Gasteiger partial charge in [0.25, 0.3) is 0 Å². The Labute approximate surface area is 165 Å². The first kappa shape index (κ1) is 21.7. The number of allylic oxidation sites excluding steroid dienone is 2. The summed E-state index contributed by atoms with van der Waals surface area (Å²) in [5.74, 6) is -2.89. The average molecular weight is 389 g/mol. The quantitative estimate of drug-likeness (QED) is 0.715. The van der Waals surface area contributed by atoms with Crippen LogP contribution in [0.5, 0.6) is 0 Å². The van der Waals surface area contributed by atoms with E-state index < -0.39 is 23.2 Å². The smallest absolute Gasteiger partial charge is 0.334 e. The summed E-state index contributed by atoms with van der Waals surface area (Å²) in [6.45, 7) is 9.81. The minimum Gasteiger partial charge on any atom is -0.478 e. The number of carboxylic acids is 2. The van der Waals surface area contributed by atoms with Crippen LogP contribution in [0.25, 0.3) is 0 Å². The maximum absolute atomic E-state index is 13.6. The molecule has 1 aromatic rings. The lowest BCUT2D eigenvalue weighted by Crippen LogP contribution is -2.47. The monoisotopic (exact) mass is 389 g/mol. The summed E-state index contributed by atoms with van der Waals surface area (Å²) in [7, 11) is 0.